The van der Waals surface area contributed by atoms with Gasteiger partial charge in [-0.25, -0.2) is 0 Å². The van der Waals surface area contributed by atoms with Crippen molar-refractivity contribution in [2.24, 2.45) is 0 Å². The first-order valence-electron chi connectivity index (χ1n) is 3.48. The lowest BCUT2D eigenvalue weighted by atomic mass is 9.80. The van der Waals surface area contributed by atoms with Crippen LogP contribution < -0.4 is 23.6 Å². The molecule has 0 heterocycles. The lowest BCUT2D eigenvalue weighted by Gasteiger charge is -1.98. The molecule has 66 valence electrons. The van der Waals surface area contributed by atoms with Gasteiger partial charge in [-0.2, -0.15) is 0 Å². The fraction of sp³-hybridized carbons (Fsp3) is 0.143. The molecule has 0 aromatic heterocycles. The Morgan fingerprint density at radius 3 is 2.00 bits per heavy atom. The molecule has 3 nitrogen and oxygen atoms in total. The average Bonchev–Trinajstić information content (AvgIpc) is 2.05. The molecule has 0 saturated carbocycles. The molecule has 0 aliphatic rings. The van der Waals surface area contributed by atoms with E-state index in [-0.39, 0.29) is 12.4 Å². The van der Waals surface area contributed by atoms with E-state index in [0.717, 1.165) is 12.1 Å². The van der Waals surface area contributed by atoms with Gasteiger partial charge in [0.2, 0.25) is 0 Å². The Kier molecular flexibility index (Phi) is 4.93. The van der Waals surface area contributed by atoms with Crippen LogP contribution in [0.3, 0.4) is 0 Å². The van der Waals surface area contributed by atoms with Gasteiger partial charge in [-0.3, -0.25) is 0 Å². The van der Waals surface area contributed by atoms with Crippen LogP contribution in [0, 0.1) is 0 Å². The van der Waals surface area contributed by atoms with E-state index in [1.54, 1.807) is 12.1 Å². The quantitative estimate of drug-likeness (QED) is 0.407. The van der Waals surface area contributed by atoms with E-state index in [9.17, 15) is 0 Å². The summed E-state index contributed by atoms with van der Waals surface area (Å²) in [5.74, 6) is 0. The summed E-state index contributed by atoms with van der Waals surface area (Å²) in [5, 5.41) is 17.5. The van der Waals surface area contributed by atoms with E-state index in [2.05, 4.69) is 5.73 Å². The van der Waals surface area contributed by atoms with Gasteiger partial charge in [0.05, 0.1) is 6.54 Å². The smallest absolute Gasteiger partial charge is 0.488 e. The Bertz CT molecular complexity index is 227. The first-order chi connectivity index (χ1) is 5.24. The first kappa shape index (κ1) is 11.5. The minimum atomic E-state index is -1.37. The third-order valence-corrected chi connectivity index (χ3v) is 1.57. The van der Waals surface area contributed by atoms with Crippen LogP contribution in [0.15, 0.2) is 24.3 Å². The van der Waals surface area contributed by atoms with E-state index in [1.807, 2.05) is 12.1 Å². The van der Waals surface area contributed by atoms with Crippen LogP contribution >= 0.6 is 0 Å². The van der Waals surface area contributed by atoms with Crippen LogP contribution in [0.2, 0.25) is 0 Å². The largest absolute Gasteiger partial charge is 1.00 e. The summed E-state index contributed by atoms with van der Waals surface area (Å²) in [7, 11) is -1.37. The summed E-state index contributed by atoms with van der Waals surface area (Å²) in [6, 6.07) is 7.04. The summed E-state index contributed by atoms with van der Waals surface area (Å²) >= 11 is 0. The normalized spacial score (nSPS) is 8.92. The van der Waals surface area contributed by atoms with Crippen LogP contribution in [-0.4, -0.2) is 17.2 Å². The van der Waals surface area contributed by atoms with E-state index < -0.39 is 7.12 Å². The molecule has 0 fully saturated rings. The van der Waals surface area contributed by atoms with Gasteiger partial charge in [0.1, 0.15) is 0 Å². The predicted octanol–water partition coefficient (Wildman–Crippen LogP) is -4.89. The zero-order valence-electron chi connectivity index (χ0n) is 6.57. The lowest BCUT2D eigenvalue weighted by molar-refractivity contribution is -0.386. The predicted molar refractivity (Wildman–Crippen MR) is 42.9 cm³/mol. The van der Waals surface area contributed by atoms with E-state index in [0.29, 0.717) is 5.46 Å². The van der Waals surface area contributed by atoms with Gasteiger partial charge < -0.3 is 28.2 Å². The molecule has 0 unspecified atom stereocenters. The van der Waals surface area contributed by atoms with Crippen molar-refractivity contribution >= 4 is 12.6 Å². The Labute approximate surface area is 77.8 Å². The minimum absolute atomic E-state index is 0. The van der Waals surface area contributed by atoms with Gasteiger partial charge in [-0.05, 0) is 5.46 Å². The molecule has 0 aliphatic carbocycles. The fourth-order valence-corrected chi connectivity index (χ4v) is 0.856. The molecule has 12 heavy (non-hydrogen) atoms. The van der Waals surface area contributed by atoms with Crippen molar-refractivity contribution in [1.82, 2.24) is 0 Å². The maximum absolute atomic E-state index is 8.73. The highest BCUT2D eigenvalue weighted by molar-refractivity contribution is 6.58. The fourth-order valence-electron chi connectivity index (χ4n) is 0.856. The zero-order valence-corrected chi connectivity index (χ0v) is 7.33. The number of halogens is 1. The van der Waals surface area contributed by atoms with E-state index in [4.69, 9.17) is 10.0 Å². The van der Waals surface area contributed by atoms with Gasteiger partial charge >= 0.3 is 7.12 Å². The van der Waals surface area contributed by atoms with Crippen LogP contribution in [0.5, 0.6) is 0 Å². The lowest BCUT2D eigenvalue weighted by Crippen LogP contribution is -3.00. The van der Waals surface area contributed by atoms with E-state index >= 15 is 0 Å². The average molecular weight is 187 g/mol. The summed E-state index contributed by atoms with van der Waals surface area (Å²) in [4.78, 5) is 0. The van der Waals surface area contributed by atoms with Crippen molar-refractivity contribution in [3.05, 3.63) is 29.8 Å². The molecule has 0 amide bonds. The van der Waals surface area contributed by atoms with Gasteiger partial charge in [-0.15, -0.1) is 0 Å². The number of hydrogen-bond acceptors (Lipinski definition) is 2. The molecule has 0 atom stereocenters. The van der Waals surface area contributed by atoms with Gasteiger partial charge in [0.25, 0.3) is 0 Å². The zero-order chi connectivity index (χ0) is 8.27. The molecular weight excluding hydrogens is 176 g/mol. The molecule has 1 aromatic rings. The van der Waals surface area contributed by atoms with Crippen molar-refractivity contribution in [3.8, 4) is 0 Å². The molecule has 0 bridgehead atoms. The third kappa shape index (κ3) is 2.83. The van der Waals surface area contributed by atoms with Crippen molar-refractivity contribution in [2.75, 3.05) is 0 Å². The molecule has 0 saturated heterocycles. The maximum atomic E-state index is 8.73. The monoisotopic (exact) mass is 187 g/mol. The molecule has 0 spiro atoms. The highest BCUT2D eigenvalue weighted by Gasteiger charge is 2.09. The second kappa shape index (κ2) is 5.16. The van der Waals surface area contributed by atoms with E-state index in [1.165, 1.54) is 0 Å². The number of benzene rings is 1. The second-order valence-corrected chi connectivity index (χ2v) is 2.37. The highest BCUT2D eigenvalue weighted by Crippen LogP contribution is 1.93. The van der Waals surface area contributed by atoms with Crippen LogP contribution in [0.25, 0.3) is 0 Å². The van der Waals surface area contributed by atoms with Crippen LogP contribution in [0.1, 0.15) is 5.56 Å². The van der Waals surface area contributed by atoms with Crippen molar-refractivity contribution in [1.29, 1.82) is 0 Å². The second-order valence-electron chi connectivity index (χ2n) is 2.37. The Morgan fingerprint density at radius 1 is 1.17 bits per heavy atom. The maximum Gasteiger partial charge on any atom is 0.488 e. The Morgan fingerprint density at radius 2 is 1.67 bits per heavy atom. The molecular formula is C7H11BClNO2. The summed E-state index contributed by atoms with van der Waals surface area (Å²) in [6.07, 6.45) is 0. The number of rotatable bonds is 2. The molecule has 5 heteroatoms. The summed E-state index contributed by atoms with van der Waals surface area (Å²) in [6.45, 7) is 0.724. The molecule has 1 rings (SSSR count). The van der Waals surface area contributed by atoms with Crippen LogP contribution in [-0.2, 0) is 6.54 Å². The van der Waals surface area contributed by atoms with Gasteiger partial charge in [0, 0.05) is 5.56 Å². The standard InChI is InChI=1S/C7H10BNO2.ClH/c9-5-6-1-3-7(4-2-6)8(10)11;/h1-4,10-11H,5,9H2;1H. The minimum Gasteiger partial charge on any atom is -1.00 e. The molecule has 0 radical (unpaired) electrons. The SMILES string of the molecule is [Cl-].[NH3+]Cc1ccc(B(O)O)cc1. The van der Waals surface area contributed by atoms with Crippen molar-refractivity contribution < 1.29 is 28.2 Å². The molecule has 1 aromatic carbocycles. The molecule has 0 aliphatic heterocycles. The first-order valence-corrected chi connectivity index (χ1v) is 3.48. The topological polar surface area (TPSA) is 68.1 Å². The van der Waals surface area contributed by atoms with Crippen molar-refractivity contribution in [3.63, 3.8) is 0 Å². The summed E-state index contributed by atoms with van der Waals surface area (Å²) < 4.78 is 0. The van der Waals surface area contributed by atoms with Crippen LogP contribution in [0.4, 0.5) is 0 Å². The Balaban J connectivity index is 0.00000121. The summed E-state index contributed by atoms with van der Waals surface area (Å²) in [5.41, 5.74) is 5.31. The molecule has 5 N–H and O–H groups in total. The van der Waals surface area contributed by atoms with Gasteiger partial charge in [0.15, 0.2) is 0 Å². The third-order valence-electron chi connectivity index (χ3n) is 1.57. The van der Waals surface area contributed by atoms with Crippen molar-refractivity contribution in [2.45, 2.75) is 6.54 Å². The Hall–Kier alpha value is -0.545. The number of hydrogen-bond donors (Lipinski definition) is 3. The highest BCUT2D eigenvalue weighted by atomic mass is 35.5. The number of quaternary nitrogens is 1. The van der Waals surface area contributed by atoms with Gasteiger partial charge in [-0.1, -0.05) is 24.3 Å².